The van der Waals surface area contributed by atoms with Crippen molar-refractivity contribution in [2.45, 2.75) is 12.2 Å². The minimum Gasteiger partial charge on any atom is -0.300 e. The van der Waals surface area contributed by atoms with Crippen LogP contribution < -0.4 is 0 Å². The van der Waals surface area contributed by atoms with Crippen LogP contribution in [0.4, 0.5) is 0 Å². The summed E-state index contributed by atoms with van der Waals surface area (Å²) in [6, 6.07) is 0. The first-order valence-corrected chi connectivity index (χ1v) is 4.25. The van der Waals surface area contributed by atoms with E-state index in [-0.39, 0.29) is 5.25 Å². The summed E-state index contributed by atoms with van der Waals surface area (Å²) in [5.74, 6) is 0. The maximum absolute atomic E-state index is 4.35. The molecular weight excluding hydrogens is 170 g/mol. The van der Waals surface area contributed by atoms with Crippen molar-refractivity contribution in [2.75, 3.05) is 0 Å². The van der Waals surface area contributed by atoms with E-state index in [0.717, 1.165) is 11.3 Å². The normalized spacial score (nSPS) is 13.5. The Morgan fingerprint density at radius 1 is 1.50 bits per heavy atom. The largest absolute Gasteiger partial charge is 0.300 e. The van der Waals surface area contributed by atoms with Crippen LogP contribution in [0.1, 0.15) is 17.9 Å². The van der Waals surface area contributed by atoms with Gasteiger partial charge in [0, 0.05) is 17.6 Å². The number of hydrogen-bond donors (Lipinski definition) is 1. The first-order valence-electron chi connectivity index (χ1n) is 3.74. The Morgan fingerprint density at radius 3 is 3.08 bits per heavy atom. The van der Waals surface area contributed by atoms with Crippen molar-refractivity contribution in [1.82, 2.24) is 14.4 Å². The third-order valence-corrected chi connectivity index (χ3v) is 2.04. The molecule has 0 amide bonds. The minimum absolute atomic E-state index is 0.197. The summed E-state index contributed by atoms with van der Waals surface area (Å²) >= 11 is 4.35. The van der Waals surface area contributed by atoms with Crippen LogP contribution in [0.15, 0.2) is 24.8 Å². The molecule has 0 aliphatic heterocycles. The van der Waals surface area contributed by atoms with Crippen molar-refractivity contribution in [1.29, 1.82) is 0 Å². The van der Waals surface area contributed by atoms with Gasteiger partial charge in [-0.2, -0.15) is 12.6 Å². The highest BCUT2D eigenvalue weighted by Crippen LogP contribution is 2.18. The summed E-state index contributed by atoms with van der Waals surface area (Å²) in [4.78, 5) is 8.17. The van der Waals surface area contributed by atoms with Gasteiger partial charge in [0.1, 0.15) is 0 Å². The van der Waals surface area contributed by atoms with Gasteiger partial charge in [-0.3, -0.25) is 4.98 Å². The van der Waals surface area contributed by atoms with Gasteiger partial charge in [-0.1, -0.05) is 0 Å². The molecule has 0 radical (unpaired) electrons. The second-order valence-electron chi connectivity index (χ2n) is 2.66. The zero-order chi connectivity index (χ0) is 8.55. The van der Waals surface area contributed by atoms with E-state index >= 15 is 0 Å². The fraction of sp³-hybridized carbons (Fsp3) is 0.250. The van der Waals surface area contributed by atoms with E-state index in [2.05, 4.69) is 22.6 Å². The van der Waals surface area contributed by atoms with Crippen molar-refractivity contribution in [3.8, 4) is 0 Å². The fourth-order valence-corrected chi connectivity index (χ4v) is 1.36. The molecule has 1 unspecified atom stereocenters. The summed E-state index contributed by atoms with van der Waals surface area (Å²) in [6.07, 6.45) is 7.20. The Kier molecular flexibility index (Phi) is 1.77. The van der Waals surface area contributed by atoms with E-state index in [1.165, 1.54) is 0 Å². The molecule has 4 heteroatoms. The van der Waals surface area contributed by atoms with Gasteiger partial charge in [0.2, 0.25) is 0 Å². The number of fused-ring (bicyclic) bond motifs is 1. The highest BCUT2D eigenvalue weighted by molar-refractivity contribution is 7.80. The zero-order valence-electron chi connectivity index (χ0n) is 6.68. The second kappa shape index (κ2) is 2.79. The van der Waals surface area contributed by atoms with Crippen LogP contribution in [0.5, 0.6) is 0 Å². The summed E-state index contributed by atoms with van der Waals surface area (Å²) in [5.41, 5.74) is 1.96. The van der Waals surface area contributed by atoms with Gasteiger partial charge in [-0.05, 0) is 6.92 Å². The number of thiol groups is 1. The van der Waals surface area contributed by atoms with Gasteiger partial charge in [-0.25, -0.2) is 4.98 Å². The third kappa shape index (κ3) is 1.08. The maximum atomic E-state index is 4.35. The Bertz CT molecular complexity index is 394. The lowest BCUT2D eigenvalue weighted by molar-refractivity contribution is 0.969. The number of hydrogen-bond acceptors (Lipinski definition) is 3. The molecule has 2 rings (SSSR count). The van der Waals surface area contributed by atoms with Crippen molar-refractivity contribution in [3.63, 3.8) is 0 Å². The molecule has 12 heavy (non-hydrogen) atoms. The van der Waals surface area contributed by atoms with Gasteiger partial charge in [0.15, 0.2) is 5.65 Å². The van der Waals surface area contributed by atoms with E-state index in [9.17, 15) is 0 Å². The zero-order valence-corrected chi connectivity index (χ0v) is 7.57. The fourth-order valence-electron chi connectivity index (χ4n) is 1.17. The van der Waals surface area contributed by atoms with E-state index in [1.807, 2.05) is 23.7 Å². The molecule has 2 heterocycles. The van der Waals surface area contributed by atoms with E-state index in [0.29, 0.717) is 0 Å². The van der Waals surface area contributed by atoms with Gasteiger partial charge in [0.25, 0.3) is 0 Å². The average molecular weight is 179 g/mol. The lowest BCUT2D eigenvalue weighted by Gasteiger charge is -2.02. The second-order valence-corrected chi connectivity index (χ2v) is 3.44. The van der Waals surface area contributed by atoms with Gasteiger partial charge in [0.05, 0.1) is 18.1 Å². The number of aromatic nitrogens is 3. The molecule has 0 fully saturated rings. The number of imidazole rings is 1. The van der Waals surface area contributed by atoms with Crippen LogP contribution in [0.2, 0.25) is 0 Å². The molecular formula is C8H9N3S. The maximum Gasteiger partial charge on any atom is 0.155 e. The van der Waals surface area contributed by atoms with E-state index in [4.69, 9.17) is 0 Å². The Labute approximate surface area is 75.9 Å². The first-order chi connectivity index (χ1) is 5.79. The van der Waals surface area contributed by atoms with Crippen molar-refractivity contribution >= 4 is 18.3 Å². The quantitative estimate of drug-likeness (QED) is 0.676. The predicted octanol–water partition coefficient (Wildman–Crippen LogP) is 1.72. The molecule has 0 aliphatic carbocycles. The van der Waals surface area contributed by atoms with Gasteiger partial charge in [-0.15, -0.1) is 0 Å². The highest BCUT2D eigenvalue weighted by atomic mass is 32.1. The molecule has 2 aromatic rings. The molecule has 0 bridgehead atoms. The molecule has 0 N–H and O–H groups in total. The van der Waals surface area contributed by atoms with Gasteiger partial charge < -0.3 is 4.40 Å². The van der Waals surface area contributed by atoms with Crippen LogP contribution in [-0.2, 0) is 0 Å². The number of rotatable bonds is 1. The summed E-state index contributed by atoms with van der Waals surface area (Å²) in [7, 11) is 0. The molecule has 3 nitrogen and oxygen atoms in total. The predicted molar refractivity (Wildman–Crippen MR) is 50.4 cm³/mol. The van der Waals surface area contributed by atoms with Gasteiger partial charge >= 0.3 is 0 Å². The highest BCUT2D eigenvalue weighted by Gasteiger charge is 2.05. The first kappa shape index (κ1) is 7.61. The van der Waals surface area contributed by atoms with E-state index in [1.54, 1.807) is 12.4 Å². The summed E-state index contributed by atoms with van der Waals surface area (Å²) in [5, 5.41) is 0.197. The van der Waals surface area contributed by atoms with Crippen LogP contribution in [0, 0.1) is 0 Å². The SMILES string of the molecule is CC(S)c1cnc2cnccn12. The Balaban J connectivity index is 2.70. The topological polar surface area (TPSA) is 30.2 Å². The molecule has 0 spiro atoms. The van der Waals surface area contributed by atoms with Crippen LogP contribution in [-0.4, -0.2) is 14.4 Å². The van der Waals surface area contributed by atoms with Crippen molar-refractivity contribution in [2.24, 2.45) is 0 Å². The van der Waals surface area contributed by atoms with Crippen LogP contribution in [0.25, 0.3) is 5.65 Å². The monoisotopic (exact) mass is 179 g/mol. The number of nitrogens with zero attached hydrogens (tertiary/aromatic N) is 3. The average Bonchev–Trinajstić information content (AvgIpc) is 2.47. The lowest BCUT2D eigenvalue weighted by Crippen LogP contribution is -1.92. The molecule has 0 saturated heterocycles. The summed E-state index contributed by atoms with van der Waals surface area (Å²) in [6.45, 7) is 2.02. The van der Waals surface area contributed by atoms with Crippen molar-refractivity contribution in [3.05, 3.63) is 30.5 Å². The smallest absolute Gasteiger partial charge is 0.155 e. The molecule has 2 aromatic heterocycles. The van der Waals surface area contributed by atoms with Crippen LogP contribution in [0.3, 0.4) is 0 Å². The summed E-state index contributed by atoms with van der Waals surface area (Å²) < 4.78 is 1.99. The molecule has 0 aromatic carbocycles. The third-order valence-electron chi connectivity index (χ3n) is 1.77. The molecule has 1 atom stereocenters. The molecule has 0 aliphatic rings. The molecule has 62 valence electrons. The lowest BCUT2D eigenvalue weighted by atomic mass is 10.3. The standard InChI is InChI=1S/C8H9N3S/c1-6(12)7-4-10-8-5-9-2-3-11(7)8/h2-6,12H,1H3. The van der Waals surface area contributed by atoms with Crippen molar-refractivity contribution < 1.29 is 0 Å². The Morgan fingerprint density at radius 2 is 2.33 bits per heavy atom. The molecule has 0 saturated carbocycles. The Hall–Kier alpha value is -1.03. The minimum atomic E-state index is 0.197. The van der Waals surface area contributed by atoms with Crippen LogP contribution >= 0.6 is 12.6 Å². The van der Waals surface area contributed by atoms with E-state index < -0.39 is 0 Å².